The Labute approximate surface area is 181 Å². The van der Waals surface area contributed by atoms with E-state index in [-0.39, 0.29) is 0 Å². The number of fused-ring (bicyclic) bond motifs is 3. The van der Waals surface area contributed by atoms with Crippen molar-refractivity contribution < 1.29 is 14.2 Å². The molecule has 0 heterocycles. The first-order valence-corrected chi connectivity index (χ1v) is 10.5. The molecule has 0 unspecified atom stereocenters. The molecule has 0 aliphatic rings. The van der Waals surface area contributed by atoms with E-state index in [1.807, 2.05) is 19.1 Å². The Morgan fingerprint density at radius 3 is 1.55 bits per heavy atom. The van der Waals surface area contributed by atoms with Gasteiger partial charge in [0, 0.05) is 32.7 Å². The highest BCUT2D eigenvalue weighted by atomic mass is 16.5. The maximum absolute atomic E-state index is 6.14. The minimum atomic E-state index is 0.612. The van der Waals surface area contributed by atoms with Gasteiger partial charge in [-0.3, -0.25) is 0 Å². The van der Waals surface area contributed by atoms with E-state index >= 15 is 0 Å². The second kappa shape index (κ2) is 7.84. The first kappa shape index (κ1) is 19.3. The van der Waals surface area contributed by atoms with Gasteiger partial charge in [-0.1, -0.05) is 72.8 Å². The van der Waals surface area contributed by atoms with Gasteiger partial charge < -0.3 is 14.2 Å². The number of rotatable bonds is 5. The monoisotopic (exact) mass is 408 g/mol. The van der Waals surface area contributed by atoms with E-state index in [0.29, 0.717) is 6.61 Å². The van der Waals surface area contributed by atoms with Gasteiger partial charge in [-0.2, -0.15) is 0 Å². The Kier molecular flexibility index (Phi) is 4.87. The topological polar surface area (TPSA) is 27.7 Å². The van der Waals surface area contributed by atoms with Crippen LogP contribution in [-0.2, 0) is 0 Å². The maximum atomic E-state index is 6.14. The Bertz CT molecular complexity index is 1360. The van der Waals surface area contributed by atoms with E-state index in [9.17, 15) is 0 Å². The Morgan fingerprint density at radius 1 is 0.581 bits per heavy atom. The van der Waals surface area contributed by atoms with Crippen LogP contribution in [0.3, 0.4) is 0 Å². The van der Waals surface area contributed by atoms with Crippen LogP contribution in [0.1, 0.15) is 6.92 Å². The Balaban J connectivity index is 2.01. The molecule has 0 amide bonds. The third kappa shape index (κ3) is 2.97. The lowest BCUT2D eigenvalue weighted by Gasteiger charge is -2.20. The van der Waals surface area contributed by atoms with Gasteiger partial charge in [0.15, 0.2) is 0 Å². The summed E-state index contributed by atoms with van der Waals surface area (Å²) in [6.45, 7) is 2.63. The van der Waals surface area contributed by atoms with Gasteiger partial charge in [0.1, 0.15) is 17.2 Å². The molecule has 0 aliphatic heterocycles. The second-order valence-corrected chi connectivity index (χ2v) is 7.43. The zero-order valence-corrected chi connectivity index (χ0v) is 17.9. The first-order valence-electron chi connectivity index (χ1n) is 10.5. The molecule has 0 bridgehead atoms. The molecule has 0 saturated heterocycles. The van der Waals surface area contributed by atoms with Gasteiger partial charge in [0.2, 0.25) is 0 Å². The number of hydrogen-bond acceptors (Lipinski definition) is 3. The van der Waals surface area contributed by atoms with Gasteiger partial charge in [-0.15, -0.1) is 0 Å². The summed E-state index contributed by atoms with van der Waals surface area (Å²) in [5.41, 5.74) is 2.13. The standard InChI is InChI=1S/C28H24O3/c1-4-31-28-22-15-9-6-12-19(22)26(20-13-7-10-16-23(20)28)24-17-25(29-2)18-11-5-8-14-21(18)27(24)30-3/h5-17H,4H2,1-3H3. The third-order valence-electron chi connectivity index (χ3n) is 5.82. The summed E-state index contributed by atoms with van der Waals surface area (Å²) in [5.74, 6) is 2.59. The van der Waals surface area contributed by atoms with Gasteiger partial charge in [0.05, 0.1) is 20.8 Å². The number of ether oxygens (including phenoxy) is 3. The van der Waals surface area contributed by atoms with E-state index in [4.69, 9.17) is 14.2 Å². The number of benzene rings is 5. The zero-order valence-electron chi connectivity index (χ0n) is 17.9. The predicted octanol–water partition coefficient (Wildman–Crippen LogP) is 7.23. The molecule has 154 valence electrons. The van der Waals surface area contributed by atoms with E-state index < -0.39 is 0 Å². The SMILES string of the molecule is CCOc1c2ccccc2c(-c2cc(OC)c3ccccc3c2OC)c2ccccc12. The molecule has 5 aromatic rings. The molecule has 0 N–H and O–H groups in total. The summed E-state index contributed by atoms with van der Waals surface area (Å²) in [5, 5.41) is 6.49. The molecule has 5 rings (SSSR count). The predicted molar refractivity (Wildman–Crippen MR) is 129 cm³/mol. The van der Waals surface area contributed by atoms with Crippen molar-refractivity contribution >= 4 is 32.3 Å². The van der Waals surface area contributed by atoms with E-state index in [2.05, 4.69) is 66.7 Å². The number of hydrogen-bond donors (Lipinski definition) is 0. The van der Waals surface area contributed by atoms with Crippen LogP contribution in [-0.4, -0.2) is 20.8 Å². The van der Waals surface area contributed by atoms with Crippen LogP contribution in [0.15, 0.2) is 78.9 Å². The average Bonchev–Trinajstić information content (AvgIpc) is 2.83. The fourth-order valence-corrected chi connectivity index (χ4v) is 4.57. The highest BCUT2D eigenvalue weighted by Crippen LogP contribution is 2.49. The smallest absolute Gasteiger partial charge is 0.134 e. The second-order valence-electron chi connectivity index (χ2n) is 7.43. The fraction of sp³-hybridized carbons (Fsp3) is 0.143. The molecule has 5 aromatic carbocycles. The lowest BCUT2D eigenvalue weighted by Crippen LogP contribution is -1.98. The first-order chi connectivity index (χ1) is 15.3. The molecular weight excluding hydrogens is 384 g/mol. The van der Waals surface area contributed by atoms with Gasteiger partial charge in [-0.25, -0.2) is 0 Å². The van der Waals surface area contributed by atoms with Crippen molar-refractivity contribution in [1.29, 1.82) is 0 Å². The molecular formula is C28H24O3. The van der Waals surface area contributed by atoms with Crippen molar-refractivity contribution in [3.05, 3.63) is 78.9 Å². The third-order valence-corrected chi connectivity index (χ3v) is 5.82. The van der Waals surface area contributed by atoms with Gasteiger partial charge in [-0.05, 0) is 23.8 Å². The van der Waals surface area contributed by atoms with Crippen LogP contribution in [0.4, 0.5) is 0 Å². The molecule has 0 radical (unpaired) electrons. The highest BCUT2D eigenvalue weighted by Gasteiger charge is 2.21. The van der Waals surface area contributed by atoms with Crippen molar-refractivity contribution in [3.8, 4) is 28.4 Å². The van der Waals surface area contributed by atoms with Crippen molar-refractivity contribution in [2.45, 2.75) is 6.92 Å². The largest absolute Gasteiger partial charge is 0.496 e. The van der Waals surface area contributed by atoms with Gasteiger partial charge in [0.25, 0.3) is 0 Å². The molecule has 3 heteroatoms. The van der Waals surface area contributed by atoms with Crippen LogP contribution in [0.5, 0.6) is 17.2 Å². The van der Waals surface area contributed by atoms with E-state index in [0.717, 1.165) is 60.7 Å². The summed E-state index contributed by atoms with van der Waals surface area (Å²) in [7, 11) is 3.45. The summed E-state index contributed by atoms with van der Waals surface area (Å²) < 4.78 is 17.9. The lowest BCUT2D eigenvalue weighted by atomic mass is 9.89. The van der Waals surface area contributed by atoms with Crippen molar-refractivity contribution in [2.75, 3.05) is 20.8 Å². The molecule has 31 heavy (non-hydrogen) atoms. The summed E-state index contributed by atoms with van der Waals surface area (Å²) in [4.78, 5) is 0. The normalized spacial score (nSPS) is 11.2. The summed E-state index contributed by atoms with van der Waals surface area (Å²) >= 11 is 0. The van der Waals surface area contributed by atoms with Crippen LogP contribution in [0.25, 0.3) is 43.4 Å². The van der Waals surface area contributed by atoms with Gasteiger partial charge >= 0.3 is 0 Å². The van der Waals surface area contributed by atoms with Crippen LogP contribution in [0, 0.1) is 0 Å². The molecule has 0 fully saturated rings. The molecule has 3 nitrogen and oxygen atoms in total. The minimum Gasteiger partial charge on any atom is -0.496 e. The highest BCUT2D eigenvalue weighted by molar-refractivity contribution is 6.19. The molecule has 0 aromatic heterocycles. The maximum Gasteiger partial charge on any atom is 0.134 e. The van der Waals surface area contributed by atoms with Crippen LogP contribution >= 0.6 is 0 Å². The van der Waals surface area contributed by atoms with Crippen LogP contribution in [0.2, 0.25) is 0 Å². The van der Waals surface area contributed by atoms with Crippen molar-refractivity contribution in [2.24, 2.45) is 0 Å². The lowest BCUT2D eigenvalue weighted by molar-refractivity contribution is 0.348. The Hall–Kier alpha value is -3.72. The van der Waals surface area contributed by atoms with Crippen molar-refractivity contribution in [3.63, 3.8) is 0 Å². The quantitative estimate of drug-likeness (QED) is 0.287. The number of methoxy groups -OCH3 is 2. The minimum absolute atomic E-state index is 0.612. The summed E-state index contributed by atoms with van der Waals surface area (Å²) in [6, 6.07) is 27.1. The van der Waals surface area contributed by atoms with E-state index in [1.165, 1.54) is 0 Å². The Morgan fingerprint density at radius 2 is 1.06 bits per heavy atom. The van der Waals surface area contributed by atoms with Crippen LogP contribution < -0.4 is 14.2 Å². The molecule has 0 saturated carbocycles. The fourth-order valence-electron chi connectivity index (χ4n) is 4.57. The summed E-state index contributed by atoms with van der Waals surface area (Å²) in [6.07, 6.45) is 0. The molecule has 0 aliphatic carbocycles. The average molecular weight is 408 g/mol. The zero-order chi connectivity index (χ0) is 21.4. The van der Waals surface area contributed by atoms with E-state index in [1.54, 1.807) is 14.2 Å². The van der Waals surface area contributed by atoms with Crippen molar-refractivity contribution in [1.82, 2.24) is 0 Å². The molecule has 0 atom stereocenters. The molecule has 0 spiro atoms.